The van der Waals surface area contributed by atoms with E-state index in [1.54, 1.807) is 6.07 Å². The Labute approximate surface area is 152 Å². The fourth-order valence-corrected chi connectivity index (χ4v) is 3.51. The van der Waals surface area contributed by atoms with Crippen LogP contribution in [0.5, 0.6) is 5.75 Å². The molecule has 3 rings (SSSR count). The van der Waals surface area contributed by atoms with Gasteiger partial charge in [-0.2, -0.15) is 4.39 Å². The summed E-state index contributed by atoms with van der Waals surface area (Å²) in [6.07, 6.45) is 8.01. The van der Waals surface area contributed by atoms with E-state index < -0.39 is 17.5 Å². The number of hydrogen-bond acceptors (Lipinski definition) is 1. The fraction of sp³-hybridized carbons (Fsp3) is 0.364. The van der Waals surface area contributed by atoms with Crippen LogP contribution in [0.3, 0.4) is 0 Å². The molecule has 0 unspecified atom stereocenters. The van der Waals surface area contributed by atoms with E-state index in [4.69, 9.17) is 4.74 Å². The summed E-state index contributed by atoms with van der Waals surface area (Å²) in [4.78, 5) is 0. The first-order valence-electron chi connectivity index (χ1n) is 9.10. The van der Waals surface area contributed by atoms with Crippen LogP contribution < -0.4 is 4.74 Å². The number of halogens is 3. The molecule has 138 valence electrons. The summed E-state index contributed by atoms with van der Waals surface area (Å²) in [6.45, 7) is 2.17. The van der Waals surface area contributed by atoms with Crippen LogP contribution in [0.15, 0.2) is 29.8 Å². The molecule has 1 nitrogen and oxygen atoms in total. The number of methoxy groups -OCH3 is 1. The zero-order valence-electron chi connectivity index (χ0n) is 15.2. The van der Waals surface area contributed by atoms with Crippen molar-refractivity contribution < 1.29 is 17.9 Å². The van der Waals surface area contributed by atoms with Gasteiger partial charge in [0.25, 0.3) is 0 Å². The molecule has 0 radical (unpaired) electrons. The van der Waals surface area contributed by atoms with Crippen molar-refractivity contribution in [3.63, 3.8) is 0 Å². The van der Waals surface area contributed by atoms with E-state index in [2.05, 4.69) is 6.92 Å². The van der Waals surface area contributed by atoms with Gasteiger partial charge in [-0.05, 0) is 48.9 Å². The molecule has 0 atom stereocenters. The molecule has 2 aromatic rings. The zero-order valence-corrected chi connectivity index (χ0v) is 15.2. The van der Waals surface area contributed by atoms with E-state index in [1.165, 1.54) is 43.7 Å². The van der Waals surface area contributed by atoms with Gasteiger partial charge < -0.3 is 4.74 Å². The monoisotopic (exact) mass is 360 g/mol. The van der Waals surface area contributed by atoms with Gasteiger partial charge in [0.05, 0.1) is 7.11 Å². The molecule has 0 saturated heterocycles. The third-order valence-electron chi connectivity index (χ3n) is 4.99. The molecule has 0 N–H and O–H groups in total. The van der Waals surface area contributed by atoms with Crippen molar-refractivity contribution >= 4 is 6.08 Å². The lowest BCUT2D eigenvalue weighted by Gasteiger charge is -2.19. The number of fused-ring (bicyclic) bond motifs is 1. The molecule has 26 heavy (non-hydrogen) atoms. The second-order valence-corrected chi connectivity index (χ2v) is 6.70. The summed E-state index contributed by atoms with van der Waals surface area (Å²) >= 11 is 0. The summed E-state index contributed by atoms with van der Waals surface area (Å²) in [7, 11) is 1.27. The third kappa shape index (κ3) is 3.50. The average Bonchev–Trinajstić information content (AvgIpc) is 2.65. The van der Waals surface area contributed by atoms with Gasteiger partial charge in [-0.1, -0.05) is 43.5 Å². The second kappa shape index (κ2) is 7.98. The van der Waals surface area contributed by atoms with E-state index in [1.807, 2.05) is 6.08 Å². The molecule has 0 aliphatic heterocycles. The number of benzene rings is 2. The van der Waals surface area contributed by atoms with Crippen molar-refractivity contribution in [3.8, 4) is 16.9 Å². The van der Waals surface area contributed by atoms with Gasteiger partial charge in [0.15, 0.2) is 11.6 Å². The lowest BCUT2D eigenvalue weighted by atomic mass is 9.87. The quantitative estimate of drug-likeness (QED) is 0.522. The minimum Gasteiger partial charge on any atom is -0.494 e. The highest BCUT2D eigenvalue weighted by molar-refractivity contribution is 5.71. The van der Waals surface area contributed by atoms with E-state index in [0.29, 0.717) is 12.0 Å². The number of hydrogen-bond donors (Lipinski definition) is 0. The SMILES string of the molecule is CCCCCC1=Cc2ccc(-c3ccc(OC)c(F)c3F)c(F)c2CC1. The Morgan fingerprint density at radius 2 is 1.62 bits per heavy atom. The molecule has 0 heterocycles. The smallest absolute Gasteiger partial charge is 0.201 e. The van der Waals surface area contributed by atoms with E-state index in [9.17, 15) is 8.78 Å². The van der Waals surface area contributed by atoms with Crippen LogP contribution in [0.1, 0.15) is 50.2 Å². The molecule has 0 spiro atoms. The highest BCUT2D eigenvalue weighted by Crippen LogP contribution is 2.36. The maximum Gasteiger partial charge on any atom is 0.201 e. The zero-order chi connectivity index (χ0) is 18.7. The molecule has 0 amide bonds. The van der Waals surface area contributed by atoms with E-state index in [0.717, 1.165) is 24.8 Å². The molecule has 2 aromatic carbocycles. The Morgan fingerprint density at radius 1 is 0.885 bits per heavy atom. The highest BCUT2D eigenvalue weighted by atomic mass is 19.2. The Bertz CT molecular complexity index is 840. The highest BCUT2D eigenvalue weighted by Gasteiger charge is 2.22. The van der Waals surface area contributed by atoms with Crippen LogP contribution in [-0.2, 0) is 6.42 Å². The number of allylic oxidation sites excluding steroid dienone is 1. The number of unbranched alkanes of at least 4 members (excludes halogenated alkanes) is 2. The summed E-state index contributed by atoms with van der Waals surface area (Å²) in [5, 5.41) is 0. The molecular weight excluding hydrogens is 337 g/mol. The minimum absolute atomic E-state index is 0.0821. The average molecular weight is 360 g/mol. The van der Waals surface area contributed by atoms with Crippen molar-refractivity contribution in [3.05, 3.63) is 58.4 Å². The summed E-state index contributed by atoms with van der Waals surface area (Å²) in [5.41, 5.74) is 2.77. The van der Waals surface area contributed by atoms with Crippen molar-refractivity contribution in [2.24, 2.45) is 0 Å². The predicted octanol–water partition coefficient (Wildman–Crippen LogP) is 6.69. The Morgan fingerprint density at radius 3 is 2.35 bits per heavy atom. The van der Waals surface area contributed by atoms with Crippen LogP contribution in [0.25, 0.3) is 17.2 Å². The summed E-state index contributed by atoms with van der Waals surface area (Å²) < 4.78 is 48.1. The standard InChI is InChI=1S/C22H23F3O/c1-3-4-5-6-14-7-9-16-15(13-14)8-10-17(20(16)23)18-11-12-19(26-2)22(25)21(18)24/h8,10-13H,3-7,9H2,1-2H3. The first kappa shape index (κ1) is 18.6. The molecule has 0 fully saturated rings. The topological polar surface area (TPSA) is 9.23 Å². The van der Waals surface area contributed by atoms with Gasteiger partial charge in [-0.25, -0.2) is 8.78 Å². The van der Waals surface area contributed by atoms with Crippen LogP contribution in [0.2, 0.25) is 0 Å². The van der Waals surface area contributed by atoms with Crippen molar-refractivity contribution in [2.75, 3.05) is 7.11 Å². The van der Waals surface area contributed by atoms with E-state index >= 15 is 4.39 Å². The molecule has 0 aromatic heterocycles. The van der Waals surface area contributed by atoms with Crippen molar-refractivity contribution in [1.29, 1.82) is 0 Å². The Hall–Kier alpha value is -2.23. The second-order valence-electron chi connectivity index (χ2n) is 6.70. The first-order valence-corrected chi connectivity index (χ1v) is 9.10. The van der Waals surface area contributed by atoms with Crippen LogP contribution in [0.4, 0.5) is 13.2 Å². The fourth-order valence-electron chi connectivity index (χ4n) is 3.51. The minimum atomic E-state index is -1.10. The van der Waals surface area contributed by atoms with Gasteiger partial charge in [0.2, 0.25) is 5.82 Å². The molecule has 4 heteroatoms. The predicted molar refractivity (Wildman–Crippen MR) is 98.7 cm³/mol. The summed E-state index contributed by atoms with van der Waals surface area (Å²) in [6, 6.07) is 6.01. The first-order chi connectivity index (χ1) is 12.6. The van der Waals surface area contributed by atoms with E-state index in [-0.39, 0.29) is 16.9 Å². The van der Waals surface area contributed by atoms with Gasteiger partial charge in [-0.15, -0.1) is 0 Å². The van der Waals surface area contributed by atoms with Gasteiger partial charge in [0.1, 0.15) is 5.82 Å². The molecule has 1 aliphatic carbocycles. The maximum absolute atomic E-state index is 15.0. The van der Waals surface area contributed by atoms with Crippen LogP contribution in [0, 0.1) is 17.5 Å². The molecule has 0 bridgehead atoms. The van der Waals surface area contributed by atoms with Crippen LogP contribution >= 0.6 is 0 Å². The van der Waals surface area contributed by atoms with Crippen molar-refractivity contribution in [1.82, 2.24) is 0 Å². The largest absolute Gasteiger partial charge is 0.494 e. The molecule has 1 aliphatic rings. The van der Waals surface area contributed by atoms with Gasteiger partial charge in [0, 0.05) is 11.1 Å². The summed E-state index contributed by atoms with van der Waals surface area (Å²) in [5.74, 6) is -2.84. The number of ether oxygens (including phenoxy) is 1. The molecule has 0 saturated carbocycles. The number of rotatable bonds is 6. The van der Waals surface area contributed by atoms with Crippen LogP contribution in [-0.4, -0.2) is 7.11 Å². The van der Waals surface area contributed by atoms with Gasteiger partial charge in [-0.3, -0.25) is 0 Å². The van der Waals surface area contributed by atoms with Crippen molar-refractivity contribution in [2.45, 2.75) is 45.4 Å². The normalized spacial score (nSPS) is 13.3. The Kier molecular flexibility index (Phi) is 5.70. The maximum atomic E-state index is 15.0. The lowest BCUT2D eigenvalue weighted by molar-refractivity contribution is 0.372. The third-order valence-corrected chi connectivity index (χ3v) is 4.99. The van der Waals surface area contributed by atoms with Gasteiger partial charge >= 0.3 is 0 Å². The molecular formula is C22H23F3O. The Balaban J connectivity index is 1.95. The lowest BCUT2D eigenvalue weighted by Crippen LogP contribution is -2.05.